The lowest BCUT2D eigenvalue weighted by Gasteiger charge is -2.21. The molecule has 2 unspecified atom stereocenters. The highest BCUT2D eigenvalue weighted by Crippen LogP contribution is 2.24. The number of halogens is 1. The van der Waals surface area contributed by atoms with Gasteiger partial charge in [0.15, 0.2) is 0 Å². The molecule has 3 rings (SSSR count). The third-order valence-electron chi connectivity index (χ3n) is 3.98. The summed E-state index contributed by atoms with van der Waals surface area (Å²) in [7, 11) is 0. The summed E-state index contributed by atoms with van der Waals surface area (Å²) in [5.41, 5.74) is 1.27. The second-order valence-corrected chi connectivity index (χ2v) is 6.59. The first-order valence-electron chi connectivity index (χ1n) is 7.72. The number of benzene rings is 2. The van der Waals surface area contributed by atoms with E-state index in [1.165, 1.54) is 6.92 Å². The zero-order valence-electron chi connectivity index (χ0n) is 13.4. The van der Waals surface area contributed by atoms with Crippen LogP contribution in [-0.4, -0.2) is 28.8 Å². The molecule has 4 amide bonds. The summed E-state index contributed by atoms with van der Waals surface area (Å²) in [5.74, 6) is -0.866. The van der Waals surface area contributed by atoms with Crippen LogP contribution in [0.2, 0.25) is 0 Å². The number of amides is 4. The van der Waals surface area contributed by atoms with Gasteiger partial charge in [-0.3, -0.25) is 9.59 Å². The minimum Gasteiger partial charge on any atom is -0.324 e. The first-order chi connectivity index (χ1) is 12.0. The highest BCUT2D eigenvalue weighted by Gasteiger charge is 2.43. The van der Waals surface area contributed by atoms with Gasteiger partial charge in [0.05, 0.1) is 0 Å². The fourth-order valence-electron chi connectivity index (χ4n) is 2.63. The number of hydrogen-bond acceptors (Lipinski definition) is 3. The minimum atomic E-state index is -0.926. The Morgan fingerprint density at radius 2 is 1.76 bits per heavy atom. The zero-order chi connectivity index (χ0) is 18.0. The van der Waals surface area contributed by atoms with Crippen molar-refractivity contribution in [2.75, 3.05) is 5.32 Å². The number of carbonyl (C=O) groups excluding carboxylic acids is 3. The van der Waals surface area contributed by atoms with Crippen LogP contribution in [0.1, 0.15) is 18.5 Å². The molecule has 0 radical (unpaired) electrons. The van der Waals surface area contributed by atoms with Crippen LogP contribution in [0.5, 0.6) is 0 Å². The van der Waals surface area contributed by atoms with Gasteiger partial charge in [-0.2, -0.15) is 0 Å². The molecule has 0 bridgehead atoms. The lowest BCUT2D eigenvalue weighted by molar-refractivity contribution is -0.133. The van der Waals surface area contributed by atoms with Crippen LogP contribution >= 0.6 is 15.9 Å². The third-order valence-corrected chi connectivity index (χ3v) is 4.51. The van der Waals surface area contributed by atoms with E-state index in [1.54, 1.807) is 48.5 Å². The molecule has 2 N–H and O–H groups in total. The maximum Gasteiger partial charge on any atom is 0.325 e. The normalized spacial score (nSPS) is 18.0. The summed E-state index contributed by atoms with van der Waals surface area (Å²) >= 11 is 3.32. The zero-order valence-corrected chi connectivity index (χ0v) is 15.0. The van der Waals surface area contributed by atoms with Crippen LogP contribution in [0.25, 0.3) is 0 Å². The molecule has 2 aromatic carbocycles. The molecule has 1 saturated heterocycles. The van der Waals surface area contributed by atoms with Gasteiger partial charge < -0.3 is 10.6 Å². The van der Waals surface area contributed by atoms with Crippen LogP contribution in [0.15, 0.2) is 59.1 Å². The van der Waals surface area contributed by atoms with Gasteiger partial charge in [0.25, 0.3) is 5.91 Å². The van der Waals surface area contributed by atoms with E-state index in [2.05, 4.69) is 26.6 Å². The molecule has 0 aromatic heterocycles. The summed E-state index contributed by atoms with van der Waals surface area (Å²) in [6.45, 7) is 1.53. The molecule has 6 nitrogen and oxygen atoms in total. The molecule has 128 valence electrons. The van der Waals surface area contributed by atoms with Crippen molar-refractivity contribution in [3.8, 4) is 0 Å². The average Bonchev–Trinajstić information content (AvgIpc) is 2.91. The maximum atomic E-state index is 12.6. The molecule has 0 saturated carbocycles. The smallest absolute Gasteiger partial charge is 0.324 e. The number of imide groups is 1. The van der Waals surface area contributed by atoms with Gasteiger partial charge >= 0.3 is 6.03 Å². The molecule has 25 heavy (non-hydrogen) atoms. The van der Waals surface area contributed by atoms with Gasteiger partial charge in [-0.15, -0.1) is 0 Å². The Labute approximate surface area is 153 Å². The minimum absolute atomic E-state index is 0.431. The third kappa shape index (κ3) is 3.56. The number of nitrogens with zero attached hydrogens (tertiary/aromatic N) is 1. The van der Waals surface area contributed by atoms with Crippen LogP contribution in [0.3, 0.4) is 0 Å². The summed E-state index contributed by atoms with van der Waals surface area (Å²) in [6, 6.07) is 13.7. The molecule has 0 aliphatic carbocycles. The second-order valence-electron chi connectivity index (χ2n) is 5.67. The van der Waals surface area contributed by atoms with Gasteiger partial charge in [-0.05, 0) is 36.8 Å². The number of carbonyl (C=O) groups is 3. The number of anilines is 1. The standard InChI is InChI=1S/C18H16BrN3O3/c1-11(16(23)20-14-9-7-13(19)8-10-14)22-17(24)15(21-18(22)25)12-5-3-2-4-6-12/h2-11,15H,1H3,(H,20,23)(H,21,25). The van der Waals surface area contributed by atoms with Crippen molar-refractivity contribution >= 4 is 39.5 Å². The molecule has 7 heteroatoms. The summed E-state index contributed by atoms with van der Waals surface area (Å²) in [5, 5.41) is 5.34. The van der Waals surface area contributed by atoms with Crippen LogP contribution in [0.4, 0.5) is 10.5 Å². The number of rotatable bonds is 4. The largest absolute Gasteiger partial charge is 0.325 e. The van der Waals surface area contributed by atoms with Crippen molar-refractivity contribution < 1.29 is 14.4 Å². The Kier molecular flexibility index (Phi) is 4.85. The predicted octanol–water partition coefficient (Wildman–Crippen LogP) is 3.07. The Balaban J connectivity index is 1.74. The molecule has 0 spiro atoms. The first-order valence-corrected chi connectivity index (χ1v) is 8.51. The molecule has 1 fully saturated rings. The van der Waals surface area contributed by atoms with Crippen molar-refractivity contribution in [3.63, 3.8) is 0 Å². The van der Waals surface area contributed by atoms with Crippen molar-refractivity contribution in [3.05, 3.63) is 64.6 Å². The molecular formula is C18H16BrN3O3. The number of hydrogen-bond donors (Lipinski definition) is 2. The highest BCUT2D eigenvalue weighted by molar-refractivity contribution is 9.10. The van der Waals surface area contributed by atoms with E-state index in [0.29, 0.717) is 11.3 Å². The van der Waals surface area contributed by atoms with Crippen molar-refractivity contribution in [1.29, 1.82) is 0 Å². The molecular weight excluding hydrogens is 386 g/mol. The van der Waals surface area contributed by atoms with E-state index < -0.39 is 29.9 Å². The molecule has 1 heterocycles. The van der Waals surface area contributed by atoms with Crippen LogP contribution < -0.4 is 10.6 Å². The van der Waals surface area contributed by atoms with E-state index in [9.17, 15) is 14.4 Å². The fraction of sp³-hybridized carbons (Fsp3) is 0.167. The van der Waals surface area contributed by atoms with E-state index in [-0.39, 0.29) is 0 Å². The topological polar surface area (TPSA) is 78.5 Å². The van der Waals surface area contributed by atoms with Crippen LogP contribution in [-0.2, 0) is 9.59 Å². The summed E-state index contributed by atoms with van der Waals surface area (Å²) in [6.07, 6.45) is 0. The molecule has 2 aromatic rings. The molecule has 1 aliphatic heterocycles. The summed E-state index contributed by atoms with van der Waals surface area (Å²) in [4.78, 5) is 38.2. The SMILES string of the molecule is CC(C(=O)Nc1ccc(Br)cc1)N1C(=O)NC(c2ccccc2)C1=O. The Morgan fingerprint density at radius 1 is 1.12 bits per heavy atom. The predicted molar refractivity (Wildman–Crippen MR) is 96.8 cm³/mol. The monoisotopic (exact) mass is 401 g/mol. The quantitative estimate of drug-likeness (QED) is 0.772. The Bertz CT molecular complexity index is 808. The van der Waals surface area contributed by atoms with E-state index >= 15 is 0 Å². The van der Waals surface area contributed by atoms with E-state index in [1.807, 2.05) is 6.07 Å². The van der Waals surface area contributed by atoms with E-state index in [4.69, 9.17) is 0 Å². The van der Waals surface area contributed by atoms with E-state index in [0.717, 1.165) is 9.37 Å². The lowest BCUT2D eigenvalue weighted by atomic mass is 10.1. The highest BCUT2D eigenvalue weighted by atomic mass is 79.9. The fourth-order valence-corrected chi connectivity index (χ4v) is 2.89. The van der Waals surface area contributed by atoms with Crippen LogP contribution in [0, 0.1) is 0 Å². The number of urea groups is 1. The second kappa shape index (κ2) is 7.06. The first kappa shape index (κ1) is 17.2. The molecule has 2 atom stereocenters. The van der Waals surface area contributed by atoms with Crippen molar-refractivity contribution in [2.45, 2.75) is 19.0 Å². The van der Waals surface area contributed by atoms with Gasteiger partial charge in [0, 0.05) is 10.2 Å². The average molecular weight is 402 g/mol. The maximum absolute atomic E-state index is 12.6. The Morgan fingerprint density at radius 3 is 2.40 bits per heavy atom. The van der Waals surface area contributed by atoms with Gasteiger partial charge in [-0.25, -0.2) is 9.69 Å². The molecule has 1 aliphatic rings. The van der Waals surface area contributed by atoms with Gasteiger partial charge in [0.1, 0.15) is 12.1 Å². The van der Waals surface area contributed by atoms with Gasteiger partial charge in [0.2, 0.25) is 5.91 Å². The Hall–Kier alpha value is -2.67. The van der Waals surface area contributed by atoms with Crippen molar-refractivity contribution in [1.82, 2.24) is 10.2 Å². The lowest BCUT2D eigenvalue weighted by Crippen LogP contribution is -2.45. The number of nitrogens with one attached hydrogen (secondary N) is 2. The summed E-state index contributed by atoms with van der Waals surface area (Å²) < 4.78 is 0.887. The van der Waals surface area contributed by atoms with Crippen molar-refractivity contribution in [2.24, 2.45) is 0 Å². The van der Waals surface area contributed by atoms with Gasteiger partial charge in [-0.1, -0.05) is 46.3 Å².